The molecule has 2 heterocycles. The van der Waals surface area contributed by atoms with Crippen molar-refractivity contribution in [3.05, 3.63) is 30.5 Å². The number of piperazine rings is 1. The normalized spacial score (nSPS) is 16.8. The summed E-state index contributed by atoms with van der Waals surface area (Å²) in [7, 11) is -3.18. The molecule has 0 aliphatic carbocycles. The van der Waals surface area contributed by atoms with Crippen molar-refractivity contribution in [3.8, 4) is 0 Å². The molecular formula is C15H20N4O3S. The Morgan fingerprint density at radius 3 is 2.52 bits per heavy atom. The van der Waals surface area contributed by atoms with E-state index in [-0.39, 0.29) is 12.5 Å². The molecule has 0 spiro atoms. The van der Waals surface area contributed by atoms with Crippen molar-refractivity contribution in [1.82, 2.24) is 13.8 Å². The van der Waals surface area contributed by atoms with Gasteiger partial charge in [-0.15, -0.1) is 0 Å². The molecule has 8 heteroatoms. The van der Waals surface area contributed by atoms with E-state index in [0.717, 1.165) is 10.9 Å². The first-order valence-electron chi connectivity index (χ1n) is 7.42. The summed E-state index contributed by atoms with van der Waals surface area (Å²) in [6.07, 6.45) is 3.05. The zero-order valence-corrected chi connectivity index (χ0v) is 13.8. The molecule has 1 fully saturated rings. The summed E-state index contributed by atoms with van der Waals surface area (Å²) < 4.78 is 26.3. The summed E-state index contributed by atoms with van der Waals surface area (Å²) in [5, 5.41) is 0.933. The minimum atomic E-state index is -3.18. The fraction of sp³-hybridized carbons (Fsp3) is 0.400. The Labute approximate surface area is 135 Å². The summed E-state index contributed by atoms with van der Waals surface area (Å²) in [5.74, 6) is -0.0157. The van der Waals surface area contributed by atoms with E-state index in [1.807, 2.05) is 35.0 Å². The van der Waals surface area contributed by atoms with E-state index in [1.165, 1.54) is 10.6 Å². The molecule has 124 valence electrons. The van der Waals surface area contributed by atoms with Gasteiger partial charge < -0.3 is 15.2 Å². The molecule has 7 nitrogen and oxygen atoms in total. The van der Waals surface area contributed by atoms with Gasteiger partial charge >= 0.3 is 0 Å². The number of carbonyl (C=O) groups excluding carboxylic acids is 1. The first kappa shape index (κ1) is 15.8. The van der Waals surface area contributed by atoms with Gasteiger partial charge in [0.1, 0.15) is 6.54 Å². The van der Waals surface area contributed by atoms with E-state index >= 15 is 0 Å². The van der Waals surface area contributed by atoms with Crippen LogP contribution in [0.4, 0.5) is 5.69 Å². The second-order valence-corrected chi connectivity index (χ2v) is 7.75. The molecule has 3 rings (SSSR count). The van der Waals surface area contributed by atoms with Crippen LogP contribution in [0.5, 0.6) is 0 Å². The Kier molecular flexibility index (Phi) is 4.03. The molecule has 0 unspecified atom stereocenters. The van der Waals surface area contributed by atoms with E-state index in [0.29, 0.717) is 31.9 Å². The lowest BCUT2D eigenvalue weighted by atomic mass is 10.2. The molecule has 1 aliphatic heterocycles. The second kappa shape index (κ2) is 5.86. The fourth-order valence-corrected chi connectivity index (χ4v) is 3.73. The number of fused-ring (bicyclic) bond motifs is 1. The van der Waals surface area contributed by atoms with Gasteiger partial charge in [-0.2, -0.15) is 4.31 Å². The van der Waals surface area contributed by atoms with Crippen molar-refractivity contribution in [1.29, 1.82) is 0 Å². The number of carbonyl (C=O) groups is 1. The molecule has 1 saturated heterocycles. The highest BCUT2D eigenvalue weighted by Gasteiger charge is 2.26. The summed E-state index contributed by atoms with van der Waals surface area (Å²) in [6.45, 7) is 1.78. The third kappa shape index (κ3) is 3.18. The number of aromatic nitrogens is 1. The largest absolute Gasteiger partial charge is 0.398 e. The average molecular weight is 336 g/mol. The molecule has 23 heavy (non-hydrogen) atoms. The highest BCUT2D eigenvalue weighted by molar-refractivity contribution is 7.88. The number of benzene rings is 1. The Morgan fingerprint density at radius 1 is 1.17 bits per heavy atom. The second-order valence-electron chi connectivity index (χ2n) is 5.77. The van der Waals surface area contributed by atoms with Crippen molar-refractivity contribution < 1.29 is 13.2 Å². The Bertz CT molecular complexity index is 836. The SMILES string of the molecule is CS(=O)(=O)N1CCN(C(=O)Cn2ccc3c(N)cccc32)CC1. The van der Waals surface area contributed by atoms with Crippen LogP contribution in [0.25, 0.3) is 10.9 Å². The minimum Gasteiger partial charge on any atom is -0.398 e. The zero-order chi connectivity index (χ0) is 16.6. The van der Waals surface area contributed by atoms with Gasteiger partial charge in [0.25, 0.3) is 0 Å². The summed E-state index contributed by atoms with van der Waals surface area (Å²) in [5.41, 5.74) is 7.54. The van der Waals surface area contributed by atoms with Gasteiger partial charge in [-0.3, -0.25) is 4.79 Å². The lowest BCUT2D eigenvalue weighted by Gasteiger charge is -2.33. The van der Waals surface area contributed by atoms with Crippen LogP contribution in [-0.2, 0) is 21.4 Å². The molecule has 0 atom stereocenters. The number of anilines is 1. The van der Waals surface area contributed by atoms with Gasteiger partial charge in [0, 0.05) is 43.4 Å². The number of nitrogens with zero attached hydrogens (tertiary/aromatic N) is 3. The first-order chi connectivity index (χ1) is 10.9. The van der Waals surface area contributed by atoms with Gasteiger partial charge in [-0.25, -0.2) is 8.42 Å². The van der Waals surface area contributed by atoms with Gasteiger partial charge in [0.2, 0.25) is 15.9 Å². The molecule has 0 bridgehead atoms. The van der Waals surface area contributed by atoms with Crippen molar-refractivity contribution in [2.75, 3.05) is 38.2 Å². The maximum atomic E-state index is 12.5. The number of amides is 1. The smallest absolute Gasteiger partial charge is 0.242 e. The van der Waals surface area contributed by atoms with Gasteiger partial charge in [-0.05, 0) is 18.2 Å². The molecule has 1 aromatic carbocycles. The predicted octanol–water partition coefficient (Wildman–Crippen LogP) is 0.327. The van der Waals surface area contributed by atoms with Gasteiger partial charge in [0.15, 0.2) is 0 Å². The molecule has 1 amide bonds. The van der Waals surface area contributed by atoms with Gasteiger partial charge in [-0.1, -0.05) is 6.07 Å². The number of rotatable bonds is 3. The molecule has 2 N–H and O–H groups in total. The van der Waals surface area contributed by atoms with Crippen LogP contribution in [-0.4, -0.2) is 60.5 Å². The van der Waals surface area contributed by atoms with Crippen LogP contribution in [0.2, 0.25) is 0 Å². The molecule has 2 aromatic rings. The Balaban J connectivity index is 1.69. The maximum absolute atomic E-state index is 12.5. The highest BCUT2D eigenvalue weighted by atomic mass is 32.2. The van der Waals surface area contributed by atoms with Crippen LogP contribution < -0.4 is 5.73 Å². The molecular weight excluding hydrogens is 316 g/mol. The highest BCUT2D eigenvalue weighted by Crippen LogP contribution is 2.22. The third-order valence-electron chi connectivity index (χ3n) is 4.21. The quantitative estimate of drug-likeness (QED) is 0.818. The number of nitrogens with two attached hydrogens (primary N) is 1. The van der Waals surface area contributed by atoms with Crippen molar-refractivity contribution in [3.63, 3.8) is 0 Å². The predicted molar refractivity (Wildman–Crippen MR) is 89.3 cm³/mol. The van der Waals surface area contributed by atoms with Crippen LogP contribution >= 0.6 is 0 Å². The fourth-order valence-electron chi connectivity index (χ4n) is 2.90. The van der Waals surface area contributed by atoms with Crippen molar-refractivity contribution >= 4 is 32.5 Å². The third-order valence-corrected chi connectivity index (χ3v) is 5.52. The van der Waals surface area contributed by atoms with Crippen LogP contribution in [0.3, 0.4) is 0 Å². The van der Waals surface area contributed by atoms with Crippen molar-refractivity contribution in [2.45, 2.75) is 6.54 Å². The Morgan fingerprint density at radius 2 is 1.87 bits per heavy atom. The number of hydrogen-bond donors (Lipinski definition) is 1. The van der Waals surface area contributed by atoms with Gasteiger partial charge in [0.05, 0.1) is 11.8 Å². The number of hydrogen-bond acceptors (Lipinski definition) is 4. The standard InChI is InChI=1S/C15H20N4O3S/c1-23(21,22)19-9-7-17(8-10-19)15(20)11-18-6-5-12-13(16)3-2-4-14(12)18/h2-6H,7-11,16H2,1H3. The van der Waals surface area contributed by atoms with Crippen molar-refractivity contribution in [2.24, 2.45) is 0 Å². The van der Waals surface area contributed by atoms with E-state index in [1.54, 1.807) is 4.90 Å². The zero-order valence-electron chi connectivity index (χ0n) is 13.0. The van der Waals surface area contributed by atoms with E-state index in [9.17, 15) is 13.2 Å². The van der Waals surface area contributed by atoms with E-state index < -0.39 is 10.0 Å². The lowest BCUT2D eigenvalue weighted by molar-refractivity contribution is -0.132. The molecule has 0 radical (unpaired) electrons. The Hall–Kier alpha value is -2.06. The minimum absolute atomic E-state index is 0.0157. The molecule has 1 aliphatic rings. The van der Waals surface area contributed by atoms with E-state index in [4.69, 9.17) is 5.73 Å². The first-order valence-corrected chi connectivity index (χ1v) is 9.27. The summed E-state index contributed by atoms with van der Waals surface area (Å²) in [6, 6.07) is 7.53. The summed E-state index contributed by atoms with van der Waals surface area (Å²) in [4.78, 5) is 14.2. The van der Waals surface area contributed by atoms with Crippen LogP contribution in [0.1, 0.15) is 0 Å². The number of nitrogen functional groups attached to an aromatic ring is 1. The summed E-state index contributed by atoms with van der Waals surface area (Å²) >= 11 is 0. The van der Waals surface area contributed by atoms with Crippen LogP contribution in [0, 0.1) is 0 Å². The molecule has 1 aromatic heterocycles. The number of sulfonamides is 1. The average Bonchev–Trinajstić information content (AvgIpc) is 2.91. The topological polar surface area (TPSA) is 88.6 Å². The molecule has 0 saturated carbocycles. The monoisotopic (exact) mass is 336 g/mol. The van der Waals surface area contributed by atoms with E-state index in [2.05, 4.69) is 0 Å². The lowest BCUT2D eigenvalue weighted by Crippen LogP contribution is -2.50. The van der Waals surface area contributed by atoms with Crippen LogP contribution in [0.15, 0.2) is 30.5 Å². The maximum Gasteiger partial charge on any atom is 0.242 e.